The maximum absolute atomic E-state index is 15.3. The summed E-state index contributed by atoms with van der Waals surface area (Å²) < 4.78 is 27.1. The van der Waals surface area contributed by atoms with Crippen molar-refractivity contribution in [1.82, 2.24) is 0 Å². The standard InChI is InChI=1S/C44H74BrFO8/c1-2-3-4-5-6-7-8-9-10-14-17-20-23-30(48)38(49)28(27-53-42-41(52)40(51)39(50)31(26-47)54-42)25-29(46)22-19-16-13-11-12-15-18-21-24-43-32-35-33(43)37-34(43)36(32)44(35,37)45/h25,28,30-42,47-52H,2-24,26-27H2,1H3/b29-25+/t28-,30+,31?,32?,33?,34?,35?,36?,37?,38-,39?,40?,41?,42?,43?,44?/m0/s1. The SMILES string of the molecule is CCCCCCCCCCCCCC[C@@H](O)[C@@H](O)[C@@H](/C=C(/F)CCCCCCCCCCC12C3C4C1C1C2C3C41Br)COC1OC(CO)C(O)C(O)C1O. The second-order valence-corrected chi connectivity index (χ2v) is 19.8. The number of hydrogen-bond acceptors (Lipinski definition) is 8. The van der Waals surface area contributed by atoms with E-state index in [9.17, 15) is 30.6 Å². The molecule has 7 rings (SSSR count). The van der Waals surface area contributed by atoms with Crippen LogP contribution in [0.3, 0.4) is 0 Å². The third-order valence-corrected chi connectivity index (χ3v) is 17.0. The van der Waals surface area contributed by atoms with E-state index in [1.807, 2.05) is 0 Å². The molecule has 54 heavy (non-hydrogen) atoms. The van der Waals surface area contributed by atoms with Gasteiger partial charge in [-0.05, 0) is 72.7 Å². The van der Waals surface area contributed by atoms with Crippen LogP contribution >= 0.6 is 15.9 Å². The van der Waals surface area contributed by atoms with E-state index >= 15 is 4.39 Å². The molecule has 0 aromatic carbocycles. The topological polar surface area (TPSA) is 140 Å². The number of ether oxygens (including phenoxy) is 2. The zero-order valence-corrected chi connectivity index (χ0v) is 34.7. The van der Waals surface area contributed by atoms with Gasteiger partial charge in [0.2, 0.25) is 0 Å². The smallest absolute Gasteiger partial charge is 0.186 e. The van der Waals surface area contributed by atoms with Crippen molar-refractivity contribution in [2.45, 2.75) is 202 Å². The number of alkyl halides is 1. The van der Waals surface area contributed by atoms with E-state index < -0.39 is 55.4 Å². The van der Waals surface area contributed by atoms with Crippen LogP contribution in [0.15, 0.2) is 11.9 Å². The van der Waals surface area contributed by atoms with E-state index in [0.717, 1.165) is 79.4 Å². The maximum atomic E-state index is 15.3. The Kier molecular flexibility index (Phi) is 15.9. The molecule has 1 heterocycles. The minimum absolute atomic E-state index is 0.238. The summed E-state index contributed by atoms with van der Waals surface area (Å²) in [6.07, 6.45) is 17.3. The molecule has 0 spiro atoms. The molecule has 10 heteroatoms. The predicted octanol–water partition coefficient (Wildman–Crippen LogP) is 7.87. The zero-order chi connectivity index (χ0) is 38.5. The first kappa shape index (κ1) is 43.4. The van der Waals surface area contributed by atoms with Crippen LogP contribution < -0.4 is 0 Å². The largest absolute Gasteiger partial charge is 0.394 e. The van der Waals surface area contributed by atoms with E-state index in [-0.39, 0.29) is 18.9 Å². The summed E-state index contributed by atoms with van der Waals surface area (Å²) >= 11 is 4.07. The van der Waals surface area contributed by atoms with Crippen molar-refractivity contribution in [3.63, 3.8) is 0 Å². The average molecular weight is 830 g/mol. The number of unbranched alkanes of at least 4 members (excludes halogenated alkanes) is 18. The maximum Gasteiger partial charge on any atom is 0.186 e. The minimum Gasteiger partial charge on any atom is -0.394 e. The molecule has 8 atom stereocenters. The molecule has 6 aliphatic carbocycles. The summed E-state index contributed by atoms with van der Waals surface area (Å²) in [5.74, 6) is 5.15. The Morgan fingerprint density at radius 3 is 1.74 bits per heavy atom. The molecule has 7 fully saturated rings. The van der Waals surface area contributed by atoms with Gasteiger partial charge in [0.25, 0.3) is 0 Å². The summed E-state index contributed by atoms with van der Waals surface area (Å²) in [7, 11) is 0. The molecule has 0 bridgehead atoms. The molecular weight excluding hydrogens is 755 g/mol. The Balaban J connectivity index is 0.849. The molecule has 0 amide bonds. The Labute approximate surface area is 333 Å². The molecule has 0 aromatic rings. The van der Waals surface area contributed by atoms with Crippen molar-refractivity contribution < 1.29 is 44.5 Å². The van der Waals surface area contributed by atoms with Crippen LogP contribution in [-0.4, -0.2) is 91.1 Å². The van der Waals surface area contributed by atoms with Crippen LogP contribution in [-0.2, 0) is 9.47 Å². The lowest BCUT2D eigenvalue weighted by Gasteiger charge is -3.11. The summed E-state index contributed by atoms with van der Waals surface area (Å²) in [4.78, 5) is 0. The minimum atomic E-state index is -1.60. The molecule has 312 valence electrons. The van der Waals surface area contributed by atoms with E-state index in [1.54, 1.807) is 0 Å². The predicted molar refractivity (Wildman–Crippen MR) is 211 cm³/mol. The highest BCUT2D eigenvalue weighted by Gasteiger charge is 3.08. The van der Waals surface area contributed by atoms with Crippen LogP contribution in [0.25, 0.3) is 0 Å². The Morgan fingerprint density at radius 1 is 0.704 bits per heavy atom. The fourth-order valence-electron chi connectivity index (χ4n) is 12.5. The summed E-state index contributed by atoms with van der Waals surface area (Å²) in [6, 6.07) is 0. The van der Waals surface area contributed by atoms with Gasteiger partial charge in [-0.25, -0.2) is 4.39 Å². The van der Waals surface area contributed by atoms with Gasteiger partial charge in [-0.3, -0.25) is 0 Å². The molecule has 7 aliphatic rings. The van der Waals surface area contributed by atoms with E-state index in [4.69, 9.17) is 9.47 Å². The van der Waals surface area contributed by atoms with Gasteiger partial charge < -0.3 is 40.1 Å². The Bertz CT molecular complexity index is 1130. The van der Waals surface area contributed by atoms with E-state index in [0.29, 0.717) is 17.2 Å². The van der Waals surface area contributed by atoms with Gasteiger partial charge in [0.05, 0.1) is 31.2 Å². The van der Waals surface area contributed by atoms with Crippen LogP contribution in [0, 0.1) is 46.8 Å². The van der Waals surface area contributed by atoms with E-state index in [2.05, 4.69) is 22.9 Å². The van der Waals surface area contributed by atoms with Crippen LogP contribution in [0.2, 0.25) is 0 Å². The highest BCUT2D eigenvalue weighted by molar-refractivity contribution is 9.10. The Hall–Kier alpha value is -0.170. The van der Waals surface area contributed by atoms with Crippen molar-refractivity contribution in [2.75, 3.05) is 13.2 Å². The third kappa shape index (κ3) is 8.32. The van der Waals surface area contributed by atoms with Crippen molar-refractivity contribution in [3.05, 3.63) is 11.9 Å². The van der Waals surface area contributed by atoms with Gasteiger partial charge in [0.15, 0.2) is 6.29 Å². The molecule has 1 saturated heterocycles. The second-order valence-electron chi connectivity index (χ2n) is 18.5. The first-order chi connectivity index (χ1) is 26.1. The first-order valence-electron chi connectivity index (χ1n) is 22.5. The lowest BCUT2D eigenvalue weighted by molar-refractivity contribution is -0.595. The van der Waals surface area contributed by atoms with E-state index in [1.165, 1.54) is 96.0 Å². The van der Waals surface area contributed by atoms with Crippen molar-refractivity contribution in [1.29, 1.82) is 0 Å². The zero-order valence-electron chi connectivity index (χ0n) is 33.1. The molecule has 5 unspecified atom stereocenters. The quantitative estimate of drug-likeness (QED) is 0.0307. The van der Waals surface area contributed by atoms with Gasteiger partial charge in [-0.1, -0.05) is 145 Å². The molecular formula is C44H74BrFO8. The molecule has 6 N–H and O–H groups in total. The van der Waals surface area contributed by atoms with Crippen LogP contribution in [0.4, 0.5) is 4.39 Å². The lowest BCUT2D eigenvalue weighted by Crippen LogP contribution is -3.11. The van der Waals surface area contributed by atoms with Crippen molar-refractivity contribution in [3.8, 4) is 0 Å². The van der Waals surface area contributed by atoms with Crippen LogP contribution in [0.5, 0.6) is 0 Å². The Morgan fingerprint density at radius 2 is 1.20 bits per heavy atom. The number of allylic oxidation sites excluding steroid dienone is 1. The lowest BCUT2D eigenvalue weighted by atomic mass is 8.96. The molecule has 8 nitrogen and oxygen atoms in total. The third-order valence-electron chi connectivity index (χ3n) is 15.4. The normalized spacial score (nSPS) is 39.8. The van der Waals surface area contributed by atoms with Gasteiger partial charge in [-0.15, -0.1) is 0 Å². The van der Waals surface area contributed by atoms with Gasteiger partial charge in [0, 0.05) is 10.2 Å². The number of rotatable bonds is 31. The number of hydrogen-bond donors (Lipinski definition) is 6. The summed E-state index contributed by atoms with van der Waals surface area (Å²) in [5, 5.41) is 62.3. The van der Waals surface area contributed by atoms with Gasteiger partial charge >= 0.3 is 0 Å². The fourth-order valence-corrected chi connectivity index (χ4v) is 14.2. The first-order valence-corrected chi connectivity index (χ1v) is 23.3. The highest BCUT2D eigenvalue weighted by Crippen LogP contribution is 3.09. The average Bonchev–Trinajstić information content (AvgIpc) is 3.17. The van der Waals surface area contributed by atoms with Gasteiger partial charge in [0.1, 0.15) is 24.4 Å². The fraction of sp³-hybridized carbons (Fsp3) is 0.955. The summed E-state index contributed by atoms with van der Waals surface area (Å²) in [5.41, 5.74) is 0.804. The number of halogens is 2. The monoisotopic (exact) mass is 828 g/mol. The molecule has 1 aliphatic heterocycles. The van der Waals surface area contributed by atoms with Crippen molar-refractivity contribution >= 4 is 15.9 Å². The molecule has 0 aromatic heterocycles. The molecule has 0 radical (unpaired) electrons. The number of aliphatic hydroxyl groups excluding tert-OH is 6. The molecule has 6 saturated carbocycles. The second kappa shape index (κ2) is 19.7. The van der Waals surface area contributed by atoms with Crippen LogP contribution in [0.1, 0.15) is 155 Å². The summed E-state index contributed by atoms with van der Waals surface area (Å²) in [6.45, 7) is 1.36. The van der Waals surface area contributed by atoms with Gasteiger partial charge in [-0.2, -0.15) is 0 Å². The van der Waals surface area contributed by atoms with Crippen molar-refractivity contribution in [2.24, 2.45) is 46.8 Å². The number of aliphatic hydroxyl groups is 6. The highest BCUT2D eigenvalue weighted by atomic mass is 79.9.